The third kappa shape index (κ3) is 5.92. The number of phenols is 1. The van der Waals surface area contributed by atoms with Crippen molar-refractivity contribution in [1.29, 1.82) is 0 Å². The lowest BCUT2D eigenvalue weighted by atomic mass is 9.55. The van der Waals surface area contributed by atoms with Crippen LogP contribution in [0.1, 0.15) is 69.4 Å². The molecular weight excluding hydrogens is 568 g/mol. The summed E-state index contributed by atoms with van der Waals surface area (Å²) in [5, 5.41) is 10.3. The lowest BCUT2D eigenvalue weighted by Gasteiger charge is -2.50. The molecule has 5 atom stereocenters. The zero-order valence-electron chi connectivity index (χ0n) is 26.5. The van der Waals surface area contributed by atoms with Gasteiger partial charge in [-0.25, -0.2) is 0 Å². The van der Waals surface area contributed by atoms with Crippen LogP contribution in [0.25, 0.3) is 22.3 Å². The molecule has 5 unspecified atom stereocenters. The number of fused-ring (bicyclic) bond motifs is 6. The van der Waals surface area contributed by atoms with Crippen LogP contribution in [0.3, 0.4) is 0 Å². The molecule has 1 N–H and O–H groups in total. The standard InChI is InChI=1S/C21H28O3.C17H14O4/c1-3-20(23)24-19-9-8-18-17-6-4-13-12-14(22)5-7-15(13)16(17)10-11-21(18,19)2;1-19-12-5-3-4-11(8-12)16-10-15(18)14-7-6-13(20-2)9-17(14)21-16/h5,7,12,16-19,22H,3-4,6,8-11H2,1-2H3;3-10H,1-2H3. The molecule has 45 heavy (non-hydrogen) atoms. The molecule has 7 rings (SSSR count). The van der Waals surface area contributed by atoms with Gasteiger partial charge in [0.1, 0.15) is 34.7 Å². The lowest BCUT2D eigenvalue weighted by molar-refractivity contribution is -0.157. The van der Waals surface area contributed by atoms with E-state index in [9.17, 15) is 14.7 Å². The lowest BCUT2D eigenvalue weighted by Crippen LogP contribution is -2.45. The number of aromatic hydroxyl groups is 1. The highest BCUT2D eigenvalue weighted by Crippen LogP contribution is 2.61. The molecule has 4 aromatic rings. The minimum Gasteiger partial charge on any atom is -0.508 e. The number of phenolic OH excluding ortho intramolecular Hbond substituents is 1. The number of aryl methyl sites for hydroxylation is 1. The van der Waals surface area contributed by atoms with Gasteiger partial charge in [-0.15, -0.1) is 0 Å². The Bertz CT molecular complexity index is 1760. The maximum absolute atomic E-state index is 12.2. The van der Waals surface area contributed by atoms with Crippen LogP contribution < -0.4 is 14.9 Å². The molecule has 0 spiro atoms. The molecule has 3 aliphatic rings. The number of carbonyl (C=O) groups is 1. The monoisotopic (exact) mass is 610 g/mol. The summed E-state index contributed by atoms with van der Waals surface area (Å²) in [5.41, 5.74) is 4.15. The fourth-order valence-corrected chi connectivity index (χ4v) is 8.14. The van der Waals surface area contributed by atoms with Crippen LogP contribution in [0, 0.1) is 17.3 Å². The van der Waals surface area contributed by atoms with E-state index in [4.69, 9.17) is 18.6 Å². The van der Waals surface area contributed by atoms with E-state index in [0.717, 1.165) is 24.8 Å². The minimum atomic E-state index is -0.0864. The van der Waals surface area contributed by atoms with Crippen molar-refractivity contribution in [3.63, 3.8) is 0 Å². The van der Waals surface area contributed by atoms with Gasteiger partial charge in [-0.3, -0.25) is 9.59 Å². The predicted molar refractivity (Wildman–Crippen MR) is 174 cm³/mol. The number of methoxy groups -OCH3 is 2. The molecule has 7 nitrogen and oxygen atoms in total. The van der Waals surface area contributed by atoms with E-state index >= 15 is 0 Å². The van der Waals surface area contributed by atoms with Crippen molar-refractivity contribution in [3.8, 4) is 28.6 Å². The molecule has 0 radical (unpaired) electrons. The molecule has 2 fully saturated rings. The van der Waals surface area contributed by atoms with E-state index in [-0.39, 0.29) is 22.9 Å². The van der Waals surface area contributed by atoms with Crippen molar-refractivity contribution in [3.05, 3.63) is 88.1 Å². The van der Waals surface area contributed by atoms with E-state index in [1.54, 1.807) is 32.4 Å². The summed E-state index contributed by atoms with van der Waals surface area (Å²) in [4.78, 5) is 24.0. The zero-order chi connectivity index (χ0) is 31.7. The summed E-state index contributed by atoms with van der Waals surface area (Å²) in [6, 6.07) is 20.0. The molecule has 0 aliphatic heterocycles. The highest BCUT2D eigenvalue weighted by atomic mass is 16.5. The Kier molecular flexibility index (Phi) is 8.63. The van der Waals surface area contributed by atoms with E-state index < -0.39 is 0 Å². The van der Waals surface area contributed by atoms with Crippen molar-refractivity contribution >= 4 is 16.9 Å². The SMILES string of the molecule is CCC(=O)OC1CCC2C3CCc4cc(O)ccc4C3CCC12C.COc1cccc(-c2cc(=O)c3ccc(OC)cc3o2)c1. The molecule has 2 saturated carbocycles. The van der Waals surface area contributed by atoms with Crippen LogP contribution >= 0.6 is 0 Å². The van der Waals surface area contributed by atoms with Crippen molar-refractivity contribution < 1.29 is 28.5 Å². The number of benzene rings is 3. The first-order chi connectivity index (χ1) is 21.7. The molecule has 3 aliphatic carbocycles. The van der Waals surface area contributed by atoms with Crippen molar-refractivity contribution in [2.24, 2.45) is 17.3 Å². The predicted octanol–water partition coefficient (Wildman–Crippen LogP) is 8.05. The molecular formula is C38H42O7. The number of hydrogen-bond donors (Lipinski definition) is 1. The summed E-state index contributed by atoms with van der Waals surface area (Å²) in [6.07, 6.45) is 7.38. The summed E-state index contributed by atoms with van der Waals surface area (Å²) in [6.45, 7) is 4.24. The van der Waals surface area contributed by atoms with Gasteiger partial charge in [0.25, 0.3) is 0 Å². The molecule has 3 aromatic carbocycles. The summed E-state index contributed by atoms with van der Waals surface area (Å²) in [5.74, 6) is 4.18. The Hall–Kier alpha value is -4.26. The average molecular weight is 611 g/mol. The van der Waals surface area contributed by atoms with Gasteiger partial charge in [-0.1, -0.05) is 32.0 Å². The fraction of sp³-hybridized carbons (Fsp3) is 0.421. The molecule has 1 aromatic heterocycles. The molecule has 1 heterocycles. The van der Waals surface area contributed by atoms with Crippen LogP contribution in [0.2, 0.25) is 0 Å². The Morgan fingerprint density at radius 3 is 2.53 bits per heavy atom. The maximum atomic E-state index is 12.2. The van der Waals surface area contributed by atoms with Crippen LogP contribution in [0.5, 0.6) is 17.2 Å². The number of esters is 1. The first-order valence-electron chi connectivity index (χ1n) is 16.0. The zero-order valence-corrected chi connectivity index (χ0v) is 26.5. The number of hydrogen-bond acceptors (Lipinski definition) is 7. The summed E-state index contributed by atoms with van der Waals surface area (Å²) < 4.78 is 22.0. The Labute approximate surface area is 264 Å². The normalized spacial score (nSPS) is 24.8. The number of carbonyl (C=O) groups excluding carboxylic acids is 1. The largest absolute Gasteiger partial charge is 0.508 e. The van der Waals surface area contributed by atoms with Gasteiger partial charge in [0, 0.05) is 29.5 Å². The maximum Gasteiger partial charge on any atom is 0.305 e. The van der Waals surface area contributed by atoms with Gasteiger partial charge >= 0.3 is 5.97 Å². The second-order valence-corrected chi connectivity index (χ2v) is 12.8. The molecule has 0 saturated heterocycles. The van der Waals surface area contributed by atoms with Gasteiger partial charge in [0.15, 0.2) is 5.43 Å². The highest BCUT2D eigenvalue weighted by molar-refractivity contribution is 5.80. The van der Waals surface area contributed by atoms with E-state index in [2.05, 4.69) is 13.0 Å². The second-order valence-electron chi connectivity index (χ2n) is 12.8. The third-order valence-corrected chi connectivity index (χ3v) is 10.5. The van der Waals surface area contributed by atoms with Crippen LogP contribution in [-0.4, -0.2) is 31.4 Å². The smallest absolute Gasteiger partial charge is 0.305 e. The van der Waals surface area contributed by atoms with E-state index in [0.29, 0.717) is 58.2 Å². The molecule has 0 amide bonds. The summed E-state index contributed by atoms with van der Waals surface area (Å²) in [7, 11) is 3.17. The van der Waals surface area contributed by atoms with Crippen LogP contribution in [-0.2, 0) is 16.0 Å². The van der Waals surface area contributed by atoms with E-state index in [1.807, 2.05) is 43.3 Å². The van der Waals surface area contributed by atoms with Gasteiger partial charge < -0.3 is 23.7 Å². The van der Waals surface area contributed by atoms with E-state index in [1.165, 1.54) is 36.5 Å². The first-order valence-corrected chi connectivity index (χ1v) is 16.0. The van der Waals surface area contributed by atoms with Crippen molar-refractivity contribution in [1.82, 2.24) is 0 Å². The van der Waals surface area contributed by atoms with Gasteiger partial charge in [-0.2, -0.15) is 0 Å². The Balaban J connectivity index is 0.000000160. The summed E-state index contributed by atoms with van der Waals surface area (Å²) >= 11 is 0. The number of ether oxygens (including phenoxy) is 3. The quantitative estimate of drug-likeness (QED) is 0.229. The fourth-order valence-electron chi connectivity index (χ4n) is 8.14. The third-order valence-electron chi connectivity index (χ3n) is 10.5. The highest BCUT2D eigenvalue weighted by Gasteiger charge is 2.56. The molecule has 236 valence electrons. The van der Waals surface area contributed by atoms with Crippen molar-refractivity contribution in [2.45, 2.75) is 70.8 Å². The topological polar surface area (TPSA) is 95.2 Å². The number of rotatable bonds is 5. The van der Waals surface area contributed by atoms with Gasteiger partial charge in [0.05, 0.1) is 19.6 Å². The van der Waals surface area contributed by atoms with Crippen molar-refractivity contribution in [2.75, 3.05) is 14.2 Å². The van der Waals surface area contributed by atoms with Gasteiger partial charge in [-0.05, 0) is 104 Å². The Morgan fingerprint density at radius 1 is 0.956 bits per heavy atom. The Morgan fingerprint density at radius 2 is 1.76 bits per heavy atom. The molecule has 7 heteroatoms. The first kappa shape index (κ1) is 30.8. The molecule has 0 bridgehead atoms. The second kappa shape index (κ2) is 12.6. The minimum absolute atomic E-state index is 0.0477. The van der Waals surface area contributed by atoms with Gasteiger partial charge in [0.2, 0.25) is 0 Å². The van der Waals surface area contributed by atoms with Crippen LogP contribution in [0.4, 0.5) is 0 Å². The average Bonchev–Trinajstić information content (AvgIpc) is 3.39. The van der Waals surface area contributed by atoms with Crippen LogP contribution in [0.15, 0.2) is 75.9 Å².